The van der Waals surface area contributed by atoms with Gasteiger partial charge in [-0.1, -0.05) is 0 Å². The lowest BCUT2D eigenvalue weighted by atomic mass is 10.2. The maximum atomic E-state index is 11.3. The average Bonchev–Trinajstić information content (AvgIpc) is 3.09. The fraction of sp³-hybridized carbons (Fsp3) is 0.308. The van der Waals surface area contributed by atoms with Crippen LogP contribution in [0.3, 0.4) is 0 Å². The summed E-state index contributed by atoms with van der Waals surface area (Å²) in [6, 6.07) is 4.26. The summed E-state index contributed by atoms with van der Waals surface area (Å²) in [5, 5.41) is 19.2. The first-order chi connectivity index (χ1) is 12.3. The molecule has 1 aromatic carbocycles. The molecule has 0 aliphatic rings. The molecule has 0 saturated heterocycles. The Kier molecular flexibility index (Phi) is 8.17. The molecule has 0 atom stereocenters. The molecule has 0 unspecified atom stereocenters. The van der Waals surface area contributed by atoms with Crippen molar-refractivity contribution < 1.29 is 22.1 Å². The number of nitro benzene ring substituents is 1. The number of hydrogen-bond acceptors (Lipinski definition) is 12. The quantitative estimate of drug-likeness (QED) is 0.149. The zero-order valence-electron chi connectivity index (χ0n) is 14.4. The zero-order chi connectivity index (χ0) is 19.2. The summed E-state index contributed by atoms with van der Waals surface area (Å²) >= 11 is 0.991. The minimum Gasteiger partial charge on any atom is -0.726 e. The van der Waals surface area contributed by atoms with E-state index in [0.29, 0.717) is 12.2 Å². The van der Waals surface area contributed by atoms with Crippen LogP contribution < -0.4 is 4.90 Å². The minimum absolute atomic E-state index is 0. The third-order valence-corrected chi connectivity index (χ3v) is 4.09. The van der Waals surface area contributed by atoms with Crippen molar-refractivity contribution in [3.8, 4) is 0 Å². The number of nitro groups is 1. The van der Waals surface area contributed by atoms with Gasteiger partial charge in [0.2, 0.25) is 15.5 Å². The van der Waals surface area contributed by atoms with Gasteiger partial charge in [0.05, 0.1) is 11.5 Å². The number of nitrogens with zero attached hydrogens (tertiary/aromatic N) is 6. The molecular formula is C13H16N6O6S2. The summed E-state index contributed by atoms with van der Waals surface area (Å²) in [4.78, 5) is 16.1. The molecule has 14 heteroatoms. The molecule has 27 heavy (non-hydrogen) atoms. The molecule has 1 heterocycles. The third kappa shape index (κ3) is 6.86. The second-order valence-corrected chi connectivity index (χ2v) is 6.47. The van der Waals surface area contributed by atoms with Crippen LogP contribution in [0.1, 0.15) is 6.92 Å². The lowest BCUT2D eigenvalue weighted by Crippen LogP contribution is -2.28. The van der Waals surface area contributed by atoms with Crippen molar-refractivity contribution in [1.29, 1.82) is 0 Å². The van der Waals surface area contributed by atoms with Crippen LogP contribution in [0.25, 0.3) is 0 Å². The molecule has 0 N–H and O–H groups in total. The Bertz CT molecular complexity index is 887. The van der Waals surface area contributed by atoms with Crippen molar-refractivity contribution in [2.45, 2.75) is 6.92 Å². The summed E-state index contributed by atoms with van der Waals surface area (Å²) in [5.74, 6) is 0. The summed E-state index contributed by atoms with van der Waals surface area (Å²) in [7, 11) is -4.79. The highest BCUT2D eigenvalue weighted by molar-refractivity contribution is 7.80. The van der Waals surface area contributed by atoms with Crippen molar-refractivity contribution in [3.63, 3.8) is 0 Å². The number of azo groups is 1. The molecule has 0 bridgehead atoms. The van der Waals surface area contributed by atoms with Crippen LogP contribution in [0.4, 0.5) is 22.2 Å². The number of hydrogen-bond donors (Lipinski definition) is 0. The van der Waals surface area contributed by atoms with Crippen LogP contribution in [0.5, 0.6) is 0 Å². The summed E-state index contributed by atoms with van der Waals surface area (Å²) in [6.07, 6.45) is 1.29. The Balaban J connectivity index is 0.00000364. The van der Waals surface area contributed by atoms with Crippen LogP contribution in [0.15, 0.2) is 34.8 Å². The summed E-state index contributed by atoms with van der Waals surface area (Å²) in [6.45, 7) is 1.86. The van der Waals surface area contributed by atoms with Crippen molar-refractivity contribution in [1.82, 2.24) is 9.36 Å². The van der Waals surface area contributed by atoms with E-state index in [9.17, 15) is 23.1 Å². The number of aromatic nitrogens is 2. The molecule has 0 fully saturated rings. The molecule has 0 saturated carbocycles. The number of benzene rings is 1. The van der Waals surface area contributed by atoms with Gasteiger partial charge in [-0.15, -0.1) is 10.2 Å². The van der Waals surface area contributed by atoms with Gasteiger partial charge in [0.15, 0.2) is 5.69 Å². The maximum absolute atomic E-state index is 11.3. The number of likely N-dealkylation sites (N-methyl/N-ethyl adjacent to an activating group) is 1. The van der Waals surface area contributed by atoms with Gasteiger partial charge in [-0.05, 0) is 19.1 Å². The highest BCUT2D eigenvalue weighted by Gasteiger charge is 2.17. The molecule has 1 aromatic heterocycles. The zero-order valence-corrected chi connectivity index (χ0v) is 16.0. The number of anilines is 1. The fourth-order valence-electron chi connectivity index (χ4n) is 1.97. The van der Waals surface area contributed by atoms with E-state index < -0.39 is 15.3 Å². The molecule has 146 valence electrons. The third-order valence-electron chi connectivity index (χ3n) is 3.08. The van der Waals surface area contributed by atoms with Gasteiger partial charge in [0.25, 0.3) is 5.69 Å². The lowest BCUT2D eigenvalue weighted by molar-refractivity contribution is -0.384. The Morgan fingerprint density at radius 3 is 2.67 bits per heavy atom. The predicted octanol–water partition coefficient (Wildman–Crippen LogP) is 2.62. The molecule has 2 rings (SSSR count). The molecule has 0 spiro atoms. The molecule has 12 nitrogen and oxygen atoms in total. The van der Waals surface area contributed by atoms with Gasteiger partial charge in [0.1, 0.15) is 6.33 Å². The molecule has 2 aromatic rings. The standard InChI is InChI=1S/C12H14N6O6S2.CH3/c1-2-17(5-6-24-26(21,22)23)9-3-4-10(11(7-9)18(19)20)15-16-12-13-8-14-25-12;/h3-4,7-8H,2,5-6H2,1H3,(H,21,22,23);1H3/q;+1/p-1. The summed E-state index contributed by atoms with van der Waals surface area (Å²) in [5.41, 5.74) is 0.191. The van der Waals surface area contributed by atoms with Gasteiger partial charge in [-0.25, -0.2) is 13.4 Å². The van der Waals surface area contributed by atoms with Crippen molar-refractivity contribution in [2.75, 3.05) is 24.6 Å². The topological polar surface area (TPSA) is 163 Å². The minimum atomic E-state index is -4.79. The molecule has 0 amide bonds. The van der Waals surface area contributed by atoms with Crippen molar-refractivity contribution in [2.24, 2.45) is 10.2 Å². The van der Waals surface area contributed by atoms with E-state index in [4.69, 9.17) is 0 Å². The van der Waals surface area contributed by atoms with Gasteiger partial charge in [0, 0.05) is 43.8 Å². The lowest BCUT2D eigenvalue weighted by Gasteiger charge is -2.23. The van der Waals surface area contributed by atoms with Crippen LogP contribution >= 0.6 is 11.5 Å². The van der Waals surface area contributed by atoms with Crippen LogP contribution in [0.2, 0.25) is 0 Å². The van der Waals surface area contributed by atoms with Crippen molar-refractivity contribution in [3.05, 3.63) is 42.1 Å². The van der Waals surface area contributed by atoms with Crippen LogP contribution in [-0.2, 0) is 14.6 Å². The van der Waals surface area contributed by atoms with Crippen LogP contribution in [0, 0.1) is 17.5 Å². The van der Waals surface area contributed by atoms with E-state index in [1.54, 1.807) is 17.9 Å². The van der Waals surface area contributed by atoms with E-state index in [1.807, 2.05) is 0 Å². The van der Waals surface area contributed by atoms with E-state index in [2.05, 4.69) is 23.8 Å². The Morgan fingerprint density at radius 2 is 2.11 bits per heavy atom. The fourth-order valence-corrected chi connectivity index (χ4v) is 2.61. The van der Waals surface area contributed by atoms with Crippen LogP contribution in [-0.4, -0.2) is 46.9 Å². The van der Waals surface area contributed by atoms with Gasteiger partial charge in [-0.3, -0.25) is 14.3 Å². The monoisotopic (exact) mass is 416 g/mol. The van der Waals surface area contributed by atoms with E-state index in [-0.39, 0.29) is 37.1 Å². The second kappa shape index (κ2) is 9.86. The first-order valence-corrected chi connectivity index (χ1v) is 9.23. The van der Waals surface area contributed by atoms with E-state index >= 15 is 0 Å². The van der Waals surface area contributed by atoms with Gasteiger partial charge in [-0.2, -0.15) is 4.37 Å². The highest BCUT2D eigenvalue weighted by atomic mass is 32.3. The first kappa shape index (κ1) is 22.4. The molecular weight excluding hydrogens is 400 g/mol. The Hall–Kier alpha value is -2.68. The molecule has 0 aliphatic heterocycles. The van der Waals surface area contributed by atoms with Gasteiger partial charge >= 0.3 is 0 Å². The Labute approximate surface area is 159 Å². The van der Waals surface area contributed by atoms with Crippen molar-refractivity contribution >= 4 is 44.1 Å². The normalized spacial score (nSPS) is 11.3. The predicted molar refractivity (Wildman–Crippen MR) is 97.1 cm³/mol. The molecule has 0 radical (unpaired) electrons. The second-order valence-electron chi connectivity index (χ2n) is 4.66. The number of rotatable bonds is 9. The van der Waals surface area contributed by atoms with E-state index in [1.165, 1.54) is 18.5 Å². The smallest absolute Gasteiger partial charge is 0.298 e. The van der Waals surface area contributed by atoms with Gasteiger partial charge < -0.3 is 9.45 Å². The Morgan fingerprint density at radius 1 is 1.37 bits per heavy atom. The van der Waals surface area contributed by atoms with E-state index in [0.717, 1.165) is 11.5 Å². The molecule has 0 aliphatic carbocycles. The largest absolute Gasteiger partial charge is 0.726 e. The average molecular weight is 416 g/mol. The maximum Gasteiger partial charge on any atom is 0.298 e. The summed E-state index contributed by atoms with van der Waals surface area (Å²) < 4.78 is 39.3. The SMILES string of the molecule is CCN(CCOS(=O)(=O)[O-])c1ccc(N=Nc2ncns2)c([N+](=O)[O-])c1.[CH3+]. The highest BCUT2D eigenvalue weighted by Crippen LogP contribution is 2.33. The first-order valence-electron chi connectivity index (χ1n) is 7.12.